The smallest absolute Gasteiger partial charge is 0.240 e. The Balaban J connectivity index is 1.97. The van der Waals surface area contributed by atoms with Crippen LogP contribution in [0.25, 0.3) is 0 Å². The van der Waals surface area contributed by atoms with Gasteiger partial charge in [-0.25, -0.2) is 5.43 Å². The Morgan fingerprint density at radius 1 is 1.04 bits per heavy atom. The molecule has 0 radical (unpaired) electrons. The highest BCUT2D eigenvalue weighted by molar-refractivity contribution is 6.30. The minimum atomic E-state index is -0.0165. The second kappa shape index (κ2) is 13.0. The van der Waals surface area contributed by atoms with E-state index in [-0.39, 0.29) is 5.91 Å². The number of nitrogens with zero attached hydrogens (tertiary/aromatic N) is 1. The van der Waals surface area contributed by atoms with Crippen LogP contribution in [0, 0.1) is 5.92 Å². The molecule has 0 aliphatic carbocycles. The molecule has 1 amide bonds. The van der Waals surface area contributed by atoms with E-state index in [1.54, 1.807) is 18.3 Å². The Labute approximate surface area is 151 Å². The second-order valence-electron chi connectivity index (χ2n) is 6.75. The Bertz CT molecular complexity index is 483. The van der Waals surface area contributed by atoms with Gasteiger partial charge < -0.3 is 0 Å². The molecule has 0 bridgehead atoms. The van der Waals surface area contributed by atoms with E-state index >= 15 is 0 Å². The average Bonchev–Trinajstić information content (AvgIpc) is 2.55. The molecule has 0 fully saturated rings. The van der Waals surface area contributed by atoms with E-state index in [0.29, 0.717) is 11.4 Å². The van der Waals surface area contributed by atoms with Gasteiger partial charge in [0.15, 0.2) is 0 Å². The zero-order valence-corrected chi connectivity index (χ0v) is 15.8. The number of hydrogen-bond donors (Lipinski definition) is 1. The van der Waals surface area contributed by atoms with E-state index < -0.39 is 0 Å². The van der Waals surface area contributed by atoms with E-state index in [1.165, 1.54) is 38.5 Å². The topological polar surface area (TPSA) is 41.5 Å². The molecule has 134 valence electrons. The summed E-state index contributed by atoms with van der Waals surface area (Å²) >= 11 is 5.81. The first-order valence-electron chi connectivity index (χ1n) is 9.15. The van der Waals surface area contributed by atoms with E-state index in [1.807, 2.05) is 12.1 Å². The first-order valence-corrected chi connectivity index (χ1v) is 9.53. The van der Waals surface area contributed by atoms with Crippen molar-refractivity contribution in [2.75, 3.05) is 0 Å². The Morgan fingerprint density at radius 2 is 1.62 bits per heavy atom. The highest BCUT2D eigenvalue weighted by Crippen LogP contribution is 2.12. The Hall–Kier alpha value is -1.35. The maximum Gasteiger partial charge on any atom is 0.240 e. The van der Waals surface area contributed by atoms with Crippen LogP contribution in [-0.2, 0) is 4.79 Å². The van der Waals surface area contributed by atoms with Crippen molar-refractivity contribution in [1.29, 1.82) is 0 Å². The van der Waals surface area contributed by atoms with Gasteiger partial charge in [0.2, 0.25) is 5.91 Å². The number of halogens is 1. The van der Waals surface area contributed by atoms with Crippen LogP contribution in [0.1, 0.15) is 77.2 Å². The molecular formula is C20H31ClN2O. The second-order valence-corrected chi connectivity index (χ2v) is 7.19. The van der Waals surface area contributed by atoms with Gasteiger partial charge in [0.05, 0.1) is 6.21 Å². The molecular weight excluding hydrogens is 320 g/mol. The molecule has 0 atom stereocenters. The molecule has 0 unspecified atom stereocenters. The SMILES string of the molecule is CC(C)CCCCCCCCCC(=O)NN=Cc1ccc(Cl)cc1. The molecule has 0 aliphatic rings. The molecule has 1 N–H and O–H groups in total. The quantitative estimate of drug-likeness (QED) is 0.282. The monoisotopic (exact) mass is 350 g/mol. The van der Waals surface area contributed by atoms with Crippen molar-refractivity contribution < 1.29 is 4.79 Å². The summed E-state index contributed by atoms with van der Waals surface area (Å²) in [4.78, 5) is 11.7. The number of carbonyl (C=O) groups is 1. The molecule has 0 heterocycles. The lowest BCUT2D eigenvalue weighted by Gasteiger charge is -2.04. The van der Waals surface area contributed by atoms with Crippen LogP contribution in [0.2, 0.25) is 5.02 Å². The van der Waals surface area contributed by atoms with Gasteiger partial charge in [-0.3, -0.25) is 4.79 Å². The zero-order valence-electron chi connectivity index (χ0n) is 15.1. The van der Waals surface area contributed by atoms with Crippen molar-refractivity contribution in [3.05, 3.63) is 34.9 Å². The Morgan fingerprint density at radius 3 is 2.25 bits per heavy atom. The summed E-state index contributed by atoms with van der Waals surface area (Å²) in [5, 5.41) is 4.66. The van der Waals surface area contributed by atoms with Gasteiger partial charge in [0.25, 0.3) is 0 Å². The summed E-state index contributed by atoms with van der Waals surface area (Å²) in [6.45, 7) is 4.56. The number of hydrazone groups is 1. The van der Waals surface area contributed by atoms with Gasteiger partial charge in [-0.15, -0.1) is 0 Å². The fourth-order valence-corrected chi connectivity index (χ4v) is 2.63. The third-order valence-electron chi connectivity index (χ3n) is 3.96. The maximum atomic E-state index is 11.7. The van der Waals surface area contributed by atoms with Crippen LogP contribution >= 0.6 is 11.6 Å². The highest BCUT2D eigenvalue weighted by atomic mass is 35.5. The lowest BCUT2D eigenvalue weighted by atomic mass is 10.0. The molecule has 0 spiro atoms. The number of rotatable bonds is 12. The van der Waals surface area contributed by atoms with Gasteiger partial charge in [0, 0.05) is 11.4 Å². The van der Waals surface area contributed by atoms with Gasteiger partial charge >= 0.3 is 0 Å². The molecule has 4 heteroatoms. The zero-order chi connectivity index (χ0) is 17.6. The van der Waals surface area contributed by atoms with Crippen molar-refractivity contribution in [3.8, 4) is 0 Å². The summed E-state index contributed by atoms with van der Waals surface area (Å²) in [5.74, 6) is 0.808. The first-order chi connectivity index (χ1) is 11.6. The standard InChI is InChI=1S/C20H31ClN2O/c1-17(2)10-8-6-4-3-5-7-9-11-20(24)23-22-16-18-12-14-19(21)15-13-18/h12-17H,3-11H2,1-2H3,(H,23,24). The minimum absolute atomic E-state index is 0.0165. The molecule has 3 nitrogen and oxygen atoms in total. The normalized spacial score (nSPS) is 11.3. The third kappa shape index (κ3) is 11.2. The van der Waals surface area contributed by atoms with Gasteiger partial charge in [-0.05, 0) is 30.0 Å². The predicted octanol–water partition coefficient (Wildman–Crippen LogP) is 5.96. The van der Waals surface area contributed by atoms with Crippen LogP contribution in [0.15, 0.2) is 29.4 Å². The summed E-state index contributed by atoms with van der Waals surface area (Å²) < 4.78 is 0. The van der Waals surface area contributed by atoms with Crippen molar-refractivity contribution in [1.82, 2.24) is 5.43 Å². The Kier molecular flexibility index (Phi) is 11.2. The predicted molar refractivity (Wildman–Crippen MR) is 104 cm³/mol. The summed E-state index contributed by atoms with van der Waals surface area (Å²) in [6.07, 6.45) is 12.1. The van der Waals surface area contributed by atoms with Crippen LogP contribution in [-0.4, -0.2) is 12.1 Å². The van der Waals surface area contributed by atoms with Crippen LogP contribution in [0.4, 0.5) is 0 Å². The van der Waals surface area contributed by atoms with Crippen LogP contribution in [0.3, 0.4) is 0 Å². The number of carbonyl (C=O) groups excluding carboxylic acids is 1. The van der Waals surface area contributed by atoms with Crippen LogP contribution in [0.5, 0.6) is 0 Å². The van der Waals surface area contributed by atoms with E-state index in [4.69, 9.17) is 11.6 Å². The van der Waals surface area contributed by atoms with Crippen molar-refractivity contribution >= 4 is 23.7 Å². The number of nitrogens with one attached hydrogen (secondary N) is 1. The lowest BCUT2D eigenvalue weighted by molar-refractivity contribution is -0.121. The van der Waals surface area contributed by atoms with Crippen LogP contribution < -0.4 is 5.43 Å². The maximum absolute atomic E-state index is 11.7. The van der Waals surface area contributed by atoms with Gasteiger partial charge in [0.1, 0.15) is 0 Å². The highest BCUT2D eigenvalue weighted by Gasteiger charge is 2.00. The number of benzene rings is 1. The third-order valence-corrected chi connectivity index (χ3v) is 4.21. The molecule has 0 saturated heterocycles. The minimum Gasteiger partial charge on any atom is -0.273 e. The lowest BCUT2D eigenvalue weighted by Crippen LogP contribution is -2.16. The van der Waals surface area contributed by atoms with E-state index in [0.717, 1.165) is 24.3 Å². The molecule has 1 aromatic carbocycles. The molecule has 0 aromatic heterocycles. The summed E-state index contributed by atoms with van der Waals surface area (Å²) in [7, 11) is 0. The van der Waals surface area contributed by atoms with E-state index in [9.17, 15) is 4.79 Å². The van der Waals surface area contributed by atoms with Gasteiger partial charge in [-0.1, -0.05) is 82.5 Å². The average molecular weight is 351 g/mol. The molecule has 0 saturated carbocycles. The molecule has 24 heavy (non-hydrogen) atoms. The fraction of sp³-hybridized carbons (Fsp3) is 0.600. The number of amides is 1. The molecule has 0 aliphatic heterocycles. The molecule has 1 rings (SSSR count). The van der Waals surface area contributed by atoms with Crippen molar-refractivity contribution in [2.24, 2.45) is 11.0 Å². The van der Waals surface area contributed by atoms with E-state index in [2.05, 4.69) is 24.4 Å². The summed E-state index contributed by atoms with van der Waals surface area (Å²) in [5.41, 5.74) is 3.49. The molecule has 1 aromatic rings. The first kappa shape index (κ1) is 20.7. The number of unbranched alkanes of at least 4 members (excludes halogenated alkanes) is 6. The van der Waals surface area contributed by atoms with Gasteiger partial charge in [-0.2, -0.15) is 5.10 Å². The summed E-state index contributed by atoms with van der Waals surface area (Å²) in [6, 6.07) is 7.32. The largest absolute Gasteiger partial charge is 0.273 e. The van der Waals surface area contributed by atoms with Crippen molar-refractivity contribution in [3.63, 3.8) is 0 Å². The van der Waals surface area contributed by atoms with Crippen molar-refractivity contribution in [2.45, 2.75) is 71.6 Å². The number of hydrogen-bond acceptors (Lipinski definition) is 2. The fourth-order valence-electron chi connectivity index (χ4n) is 2.51.